The summed E-state index contributed by atoms with van der Waals surface area (Å²) in [6.45, 7) is 0.784. The van der Waals surface area contributed by atoms with E-state index >= 15 is 0 Å². The number of anilines is 1. The van der Waals surface area contributed by atoms with Crippen LogP contribution in [0.3, 0.4) is 0 Å². The van der Waals surface area contributed by atoms with E-state index in [-0.39, 0.29) is 16.6 Å². The first-order valence-electron chi connectivity index (χ1n) is 11.0. The van der Waals surface area contributed by atoms with Gasteiger partial charge in [-0.15, -0.1) is 4.40 Å². The quantitative estimate of drug-likeness (QED) is 0.718. The summed E-state index contributed by atoms with van der Waals surface area (Å²) >= 11 is 0. The van der Waals surface area contributed by atoms with Crippen LogP contribution in [0.2, 0.25) is 0 Å². The lowest BCUT2D eigenvalue weighted by Gasteiger charge is -2.40. The standard InChI is InChI=1S/C24H28FN3O3S/c1-28-15-4-2-3-12-22(28)27-32(30,31)21-11-6-10-20(17-21)26-23(29)24(13-7-14-24)18-8-5-9-19(25)16-18/h5-6,8-11,16-17H,2-4,7,12-15H2,1H3,(H,26,29)/b27-22+. The molecule has 1 N–H and O–H groups in total. The molecule has 0 atom stereocenters. The fourth-order valence-electron chi connectivity index (χ4n) is 4.38. The van der Waals surface area contributed by atoms with Crippen LogP contribution in [0.5, 0.6) is 0 Å². The number of hydrogen-bond donors (Lipinski definition) is 1. The van der Waals surface area contributed by atoms with E-state index in [1.54, 1.807) is 24.3 Å². The summed E-state index contributed by atoms with van der Waals surface area (Å²) in [5.74, 6) is -0.0626. The molecule has 0 radical (unpaired) electrons. The highest BCUT2D eigenvalue weighted by Crippen LogP contribution is 2.44. The second kappa shape index (κ2) is 9.02. The number of halogens is 1. The van der Waals surface area contributed by atoms with Crippen LogP contribution < -0.4 is 5.32 Å². The van der Waals surface area contributed by atoms with Crippen molar-refractivity contribution in [3.8, 4) is 0 Å². The van der Waals surface area contributed by atoms with Gasteiger partial charge in [0.2, 0.25) is 5.91 Å². The number of nitrogens with one attached hydrogen (secondary N) is 1. The third kappa shape index (κ3) is 4.55. The Balaban J connectivity index is 1.57. The molecule has 2 aromatic carbocycles. The van der Waals surface area contributed by atoms with Gasteiger partial charge in [-0.05, 0) is 61.6 Å². The molecule has 2 aromatic rings. The van der Waals surface area contributed by atoms with Gasteiger partial charge in [0.1, 0.15) is 11.7 Å². The number of sulfonamides is 1. The van der Waals surface area contributed by atoms with E-state index in [1.165, 1.54) is 24.3 Å². The van der Waals surface area contributed by atoms with E-state index < -0.39 is 15.4 Å². The number of rotatable bonds is 5. The summed E-state index contributed by atoms with van der Waals surface area (Å²) in [7, 11) is -2.04. The van der Waals surface area contributed by atoms with Gasteiger partial charge in [-0.2, -0.15) is 8.42 Å². The molecule has 1 aliphatic heterocycles. The molecule has 0 aromatic heterocycles. The molecule has 4 rings (SSSR count). The third-order valence-corrected chi connectivity index (χ3v) is 7.77. The minimum absolute atomic E-state index is 0.0360. The van der Waals surface area contributed by atoms with E-state index in [0.29, 0.717) is 36.3 Å². The van der Waals surface area contributed by atoms with Crippen LogP contribution in [0.25, 0.3) is 0 Å². The number of benzene rings is 2. The number of carbonyl (C=O) groups excluding carboxylic acids is 1. The summed E-state index contributed by atoms with van der Waals surface area (Å²) in [5.41, 5.74) is 0.237. The van der Waals surface area contributed by atoms with Crippen molar-refractivity contribution in [2.45, 2.75) is 55.3 Å². The molecule has 1 heterocycles. The van der Waals surface area contributed by atoms with Gasteiger partial charge in [-0.3, -0.25) is 4.79 Å². The molecular weight excluding hydrogens is 429 g/mol. The zero-order valence-corrected chi connectivity index (χ0v) is 19.0. The Morgan fingerprint density at radius 3 is 2.56 bits per heavy atom. The first kappa shape index (κ1) is 22.5. The molecule has 32 heavy (non-hydrogen) atoms. The second-order valence-electron chi connectivity index (χ2n) is 8.64. The van der Waals surface area contributed by atoms with Gasteiger partial charge < -0.3 is 10.2 Å². The molecule has 8 heteroatoms. The van der Waals surface area contributed by atoms with Crippen molar-refractivity contribution >= 4 is 27.5 Å². The first-order chi connectivity index (χ1) is 15.3. The minimum Gasteiger partial charge on any atom is -0.362 e. The van der Waals surface area contributed by atoms with Gasteiger partial charge in [0.05, 0.1) is 10.3 Å². The molecule has 1 amide bonds. The van der Waals surface area contributed by atoms with Crippen LogP contribution >= 0.6 is 0 Å². The summed E-state index contributed by atoms with van der Waals surface area (Å²) in [4.78, 5) is 15.1. The molecule has 0 bridgehead atoms. The molecule has 1 saturated carbocycles. The van der Waals surface area contributed by atoms with Gasteiger partial charge in [0.15, 0.2) is 0 Å². The van der Waals surface area contributed by atoms with E-state index in [9.17, 15) is 17.6 Å². The van der Waals surface area contributed by atoms with Crippen molar-refractivity contribution in [2.24, 2.45) is 4.40 Å². The molecule has 0 unspecified atom stereocenters. The molecule has 1 saturated heterocycles. The normalized spacial score (nSPS) is 19.8. The van der Waals surface area contributed by atoms with Crippen molar-refractivity contribution in [3.63, 3.8) is 0 Å². The number of amides is 1. The average Bonchev–Trinajstić information content (AvgIpc) is 2.91. The second-order valence-corrected chi connectivity index (χ2v) is 10.2. The number of amidine groups is 1. The minimum atomic E-state index is -3.91. The van der Waals surface area contributed by atoms with Gasteiger partial charge >= 0.3 is 0 Å². The van der Waals surface area contributed by atoms with E-state index in [4.69, 9.17) is 0 Å². The number of carbonyl (C=O) groups is 1. The van der Waals surface area contributed by atoms with Crippen molar-refractivity contribution < 1.29 is 17.6 Å². The zero-order valence-electron chi connectivity index (χ0n) is 18.2. The molecule has 1 aliphatic carbocycles. The van der Waals surface area contributed by atoms with Crippen LogP contribution in [0.4, 0.5) is 10.1 Å². The van der Waals surface area contributed by atoms with E-state index in [0.717, 1.165) is 32.2 Å². The smallest absolute Gasteiger partial charge is 0.284 e. The maximum absolute atomic E-state index is 13.8. The fraction of sp³-hybridized carbons (Fsp3) is 0.417. The Bertz CT molecular complexity index is 1140. The van der Waals surface area contributed by atoms with Crippen molar-refractivity contribution in [3.05, 3.63) is 59.9 Å². The Morgan fingerprint density at radius 1 is 1.06 bits per heavy atom. The average molecular weight is 458 g/mol. The van der Waals surface area contributed by atoms with Crippen molar-refractivity contribution in [1.29, 1.82) is 0 Å². The Labute approximate surface area is 188 Å². The third-order valence-electron chi connectivity index (χ3n) is 6.47. The predicted molar refractivity (Wildman–Crippen MR) is 123 cm³/mol. The molecule has 2 aliphatic rings. The fourth-order valence-corrected chi connectivity index (χ4v) is 5.52. The first-order valence-corrected chi connectivity index (χ1v) is 12.5. The van der Waals surface area contributed by atoms with Crippen LogP contribution in [0.1, 0.15) is 50.5 Å². The van der Waals surface area contributed by atoms with Crippen LogP contribution in [0.15, 0.2) is 57.8 Å². The monoisotopic (exact) mass is 457 g/mol. The van der Waals surface area contributed by atoms with Gasteiger partial charge in [0.25, 0.3) is 10.0 Å². The number of nitrogens with zero attached hydrogens (tertiary/aromatic N) is 2. The van der Waals surface area contributed by atoms with Gasteiger partial charge in [-0.25, -0.2) is 4.39 Å². The summed E-state index contributed by atoms with van der Waals surface area (Å²) in [5, 5.41) is 2.85. The van der Waals surface area contributed by atoms with E-state index in [1.807, 2.05) is 11.9 Å². The highest BCUT2D eigenvalue weighted by atomic mass is 32.2. The summed E-state index contributed by atoms with van der Waals surface area (Å²) in [6, 6.07) is 12.3. The van der Waals surface area contributed by atoms with Crippen molar-refractivity contribution in [1.82, 2.24) is 4.90 Å². The van der Waals surface area contributed by atoms with Crippen LogP contribution in [-0.4, -0.2) is 38.7 Å². The Morgan fingerprint density at radius 2 is 1.84 bits per heavy atom. The van der Waals surface area contributed by atoms with Crippen LogP contribution in [0, 0.1) is 5.82 Å². The van der Waals surface area contributed by atoms with Gasteiger partial charge in [-0.1, -0.05) is 31.0 Å². The zero-order chi connectivity index (χ0) is 22.8. The molecule has 6 nitrogen and oxygen atoms in total. The maximum atomic E-state index is 13.8. The van der Waals surface area contributed by atoms with Crippen molar-refractivity contribution in [2.75, 3.05) is 18.9 Å². The molecular formula is C24H28FN3O3S. The maximum Gasteiger partial charge on any atom is 0.284 e. The predicted octanol–water partition coefficient (Wildman–Crippen LogP) is 4.48. The van der Waals surface area contributed by atoms with E-state index in [2.05, 4.69) is 9.71 Å². The van der Waals surface area contributed by atoms with Crippen LogP contribution in [-0.2, 0) is 20.2 Å². The topological polar surface area (TPSA) is 78.8 Å². The lowest BCUT2D eigenvalue weighted by atomic mass is 9.63. The lowest BCUT2D eigenvalue weighted by molar-refractivity contribution is -0.124. The SMILES string of the molecule is CN1CCCCC/C1=N\S(=O)(=O)c1cccc(NC(=O)C2(c3cccc(F)c3)CCC2)c1. The highest BCUT2D eigenvalue weighted by Gasteiger charge is 2.45. The highest BCUT2D eigenvalue weighted by molar-refractivity contribution is 7.90. The Kier molecular flexibility index (Phi) is 6.33. The molecule has 2 fully saturated rings. The summed E-state index contributed by atoms with van der Waals surface area (Å²) in [6.07, 6.45) is 5.74. The van der Waals surface area contributed by atoms with Gasteiger partial charge in [0, 0.05) is 25.7 Å². The lowest BCUT2D eigenvalue weighted by Crippen LogP contribution is -2.46. The largest absolute Gasteiger partial charge is 0.362 e. The number of likely N-dealkylation sites (tertiary alicyclic amines) is 1. The Hall–Kier alpha value is -2.74. The molecule has 0 spiro atoms. The number of hydrogen-bond acceptors (Lipinski definition) is 3. The summed E-state index contributed by atoms with van der Waals surface area (Å²) < 4.78 is 43.8. The molecule has 170 valence electrons.